The van der Waals surface area contributed by atoms with Crippen molar-refractivity contribution in [3.05, 3.63) is 5.82 Å². The molecule has 0 aliphatic carbocycles. The molecule has 1 aromatic rings. The van der Waals surface area contributed by atoms with Gasteiger partial charge in [0, 0.05) is 24.0 Å². The number of aryl methyl sites for hydroxylation is 1. The second-order valence-electron chi connectivity index (χ2n) is 6.28. The number of aromatic nitrogens is 3. The molecule has 0 atom stereocenters. The van der Waals surface area contributed by atoms with Crippen molar-refractivity contribution in [2.45, 2.75) is 76.9 Å². The highest BCUT2D eigenvalue weighted by atomic mass is 79.9. The molecule has 21 heavy (non-hydrogen) atoms. The smallest absolute Gasteiger partial charge is 0.191 e. The summed E-state index contributed by atoms with van der Waals surface area (Å²) in [6, 6.07) is 0. The van der Waals surface area contributed by atoms with Crippen molar-refractivity contribution in [3.8, 4) is 0 Å². The maximum atomic E-state index is 4.46. The fourth-order valence-corrected chi connectivity index (χ4v) is 5.58. The van der Waals surface area contributed by atoms with Crippen LogP contribution in [-0.2, 0) is 13.0 Å². The molecule has 5 heteroatoms. The van der Waals surface area contributed by atoms with Crippen LogP contribution >= 0.6 is 27.7 Å². The fourth-order valence-electron chi connectivity index (χ4n) is 3.28. The van der Waals surface area contributed by atoms with Crippen LogP contribution in [0.15, 0.2) is 5.16 Å². The van der Waals surface area contributed by atoms with E-state index in [0.29, 0.717) is 5.41 Å². The van der Waals surface area contributed by atoms with Gasteiger partial charge in [-0.2, -0.15) is 0 Å². The minimum atomic E-state index is 0.408. The number of fused-ring (bicyclic) bond motifs is 1. The third kappa shape index (κ3) is 4.47. The molecule has 0 saturated carbocycles. The van der Waals surface area contributed by atoms with Crippen LogP contribution in [0.3, 0.4) is 0 Å². The topological polar surface area (TPSA) is 30.7 Å². The summed E-state index contributed by atoms with van der Waals surface area (Å²) in [5, 5.41) is 11.1. The zero-order chi connectivity index (χ0) is 15.1. The van der Waals surface area contributed by atoms with Gasteiger partial charge in [-0.15, -0.1) is 10.2 Å². The van der Waals surface area contributed by atoms with E-state index in [9.17, 15) is 0 Å². The summed E-state index contributed by atoms with van der Waals surface area (Å²) in [5.41, 5.74) is 0.408. The first-order valence-electron chi connectivity index (χ1n) is 8.35. The predicted octanol–water partition coefficient (Wildman–Crippen LogP) is 5.08. The Hall–Kier alpha value is -0.0300. The van der Waals surface area contributed by atoms with Gasteiger partial charge in [-0.25, -0.2) is 0 Å². The monoisotopic (exact) mass is 373 g/mol. The molecule has 0 unspecified atom stereocenters. The molecule has 2 rings (SSSR count). The van der Waals surface area contributed by atoms with E-state index in [2.05, 4.69) is 44.5 Å². The van der Waals surface area contributed by atoms with E-state index in [-0.39, 0.29) is 0 Å². The van der Waals surface area contributed by atoms with Gasteiger partial charge in [-0.05, 0) is 31.1 Å². The molecule has 3 nitrogen and oxygen atoms in total. The summed E-state index contributed by atoms with van der Waals surface area (Å²) in [6.45, 7) is 5.69. The summed E-state index contributed by atoms with van der Waals surface area (Å²) in [4.78, 5) is 0. The van der Waals surface area contributed by atoms with E-state index in [4.69, 9.17) is 0 Å². The Labute approximate surface area is 141 Å². The van der Waals surface area contributed by atoms with Gasteiger partial charge in [0.1, 0.15) is 5.82 Å². The van der Waals surface area contributed by atoms with Crippen LogP contribution in [0.25, 0.3) is 0 Å². The van der Waals surface area contributed by atoms with Crippen LogP contribution in [0.2, 0.25) is 0 Å². The van der Waals surface area contributed by atoms with E-state index >= 15 is 0 Å². The van der Waals surface area contributed by atoms with E-state index in [0.717, 1.165) is 29.2 Å². The standard InChI is InChI=1S/C16H28BrN3S/c1-3-9-16(12-17,10-4-2)13-21-15-19-18-14-8-6-5-7-11-20(14)15/h3-13H2,1-2H3. The number of hydrogen-bond donors (Lipinski definition) is 0. The summed E-state index contributed by atoms with van der Waals surface area (Å²) < 4.78 is 2.37. The van der Waals surface area contributed by atoms with Crippen LogP contribution in [0.1, 0.15) is 64.6 Å². The highest BCUT2D eigenvalue weighted by molar-refractivity contribution is 9.09. The molecule has 0 radical (unpaired) electrons. The number of rotatable bonds is 8. The Morgan fingerprint density at radius 3 is 2.57 bits per heavy atom. The zero-order valence-corrected chi connectivity index (χ0v) is 15.8. The third-order valence-corrected chi connectivity index (χ3v) is 6.93. The van der Waals surface area contributed by atoms with E-state index in [1.54, 1.807) is 0 Å². The van der Waals surface area contributed by atoms with Crippen LogP contribution in [0.4, 0.5) is 0 Å². The molecule has 0 saturated heterocycles. The molecule has 120 valence electrons. The Kier molecular flexibility index (Phi) is 7.06. The normalized spacial score (nSPS) is 15.8. The van der Waals surface area contributed by atoms with Crippen LogP contribution in [0.5, 0.6) is 0 Å². The molecule has 0 fully saturated rings. The lowest BCUT2D eigenvalue weighted by Gasteiger charge is -2.31. The van der Waals surface area contributed by atoms with Crippen molar-refractivity contribution in [2.75, 3.05) is 11.1 Å². The SMILES string of the molecule is CCCC(CBr)(CCC)CSc1nnc2n1CCCCC2. The molecule has 0 bridgehead atoms. The maximum absolute atomic E-state index is 4.46. The Morgan fingerprint density at radius 2 is 1.90 bits per heavy atom. The van der Waals surface area contributed by atoms with Gasteiger partial charge in [0.15, 0.2) is 5.16 Å². The van der Waals surface area contributed by atoms with Crippen molar-refractivity contribution >= 4 is 27.7 Å². The first-order valence-corrected chi connectivity index (χ1v) is 10.5. The minimum Gasteiger partial charge on any atom is -0.306 e. The van der Waals surface area contributed by atoms with Gasteiger partial charge >= 0.3 is 0 Å². The highest BCUT2D eigenvalue weighted by Gasteiger charge is 2.28. The predicted molar refractivity (Wildman–Crippen MR) is 94.3 cm³/mol. The van der Waals surface area contributed by atoms with Crippen LogP contribution in [0, 0.1) is 5.41 Å². The quantitative estimate of drug-likeness (QED) is 0.470. The van der Waals surface area contributed by atoms with E-state index in [1.165, 1.54) is 50.8 Å². The second kappa shape index (κ2) is 8.56. The second-order valence-corrected chi connectivity index (χ2v) is 7.79. The third-order valence-electron chi connectivity index (χ3n) is 4.43. The lowest BCUT2D eigenvalue weighted by Crippen LogP contribution is -2.26. The average Bonchev–Trinajstić information content (AvgIpc) is 2.72. The Bertz CT molecular complexity index is 427. The molecule has 1 aromatic heterocycles. The molecular formula is C16H28BrN3S. The van der Waals surface area contributed by atoms with Crippen molar-refractivity contribution < 1.29 is 0 Å². The molecule has 1 aliphatic heterocycles. The Balaban J connectivity index is 2.05. The largest absolute Gasteiger partial charge is 0.306 e. The van der Waals surface area contributed by atoms with Crippen molar-refractivity contribution in [1.29, 1.82) is 0 Å². The van der Waals surface area contributed by atoms with E-state index < -0.39 is 0 Å². The van der Waals surface area contributed by atoms with Gasteiger partial charge in [0.2, 0.25) is 0 Å². The van der Waals surface area contributed by atoms with Crippen LogP contribution < -0.4 is 0 Å². The zero-order valence-electron chi connectivity index (χ0n) is 13.4. The number of halogens is 1. The molecule has 0 N–H and O–H groups in total. The van der Waals surface area contributed by atoms with Gasteiger partial charge in [0.25, 0.3) is 0 Å². The summed E-state index contributed by atoms with van der Waals surface area (Å²) >= 11 is 5.69. The average molecular weight is 374 g/mol. The van der Waals surface area contributed by atoms with Crippen molar-refractivity contribution in [2.24, 2.45) is 5.41 Å². The van der Waals surface area contributed by atoms with Crippen LogP contribution in [-0.4, -0.2) is 25.8 Å². The molecule has 1 aliphatic rings. The molecule has 0 amide bonds. The molecular weight excluding hydrogens is 346 g/mol. The van der Waals surface area contributed by atoms with Gasteiger partial charge in [-0.3, -0.25) is 0 Å². The van der Waals surface area contributed by atoms with Gasteiger partial charge in [-0.1, -0.05) is 60.8 Å². The summed E-state index contributed by atoms with van der Waals surface area (Å²) in [5.74, 6) is 2.35. The lowest BCUT2D eigenvalue weighted by atomic mass is 9.83. The number of thioether (sulfide) groups is 1. The maximum Gasteiger partial charge on any atom is 0.191 e. The van der Waals surface area contributed by atoms with Gasteiger partial charge < -0.3 is 4.57 Å². The minimum absolute atomic E-state index is 0.408. The van der Waals surface area contributed by atoms with E-state index in [1.807, 2.05) is 11.8 Å². The summed E-state index contributed by atoms with van der Waals surface area (Å²) in [6.07, 6.45) is 10.0. The molecule has 0 aromatic carbocycles. The first-order chi connectivity index (χ1) is 10.2. The Morgan fingerprint density at radius 1 is 1.14 bits per heavy atom. The molecule has 0 spiro atoms. The molecule has 2 heterocycles. The number of hydrogen-bond acceptors (Lipinski definition) is 3. The number of nitrogens with zero attached hydrogens (tertiary/aromatic N) is 3. The fraction of sp³-hybridized carbons (Fsp3) is 0.875. The number of alkyl halides is 1. The van der Waals surface area contributed by atoms with Crippen molar-refractivity contribution in [3.63, 3.8) is 0 Å². The summed E-state index contributed by atoms with van der Waals surface area (Å²) in [7, 11) is 0. The van der Waals surface area contributed by atoms with Gasteiger partial charge in [0.05, 0.1) is 0 Å². The highest BCUT2D eigenvalue weighted by Crippen LogP contribution is 2.37. The van der Waals surface area contributed by atoms with Crippen molar-refractivity contribution in [1.82, 2.24) is 14.8 Å². The lowest BCUT2D eigenvalue weighted by molar-refractivity contribution is 0.319. The first kappa shape index (κ1) is 17.3.